The van der Waals surface area contributed by atoms with Crippen LogP contribution in [0, 0.1) is 12.3 Å². The summed E-state index contributed by atoms with van der Waals surface area (Å²) in [5, 5.41) is 6.24. The number of nitrogens with zero attached hydrogens (tertiary/aromatic N) is 2. The van der Waals surface area contributed by atoms with Gasteiger partial charge in [0, 0.05) is 17.4 Å². The number of amides is 2. The Bertz CT molecular complexity index is 1430. The minimum atomic E-state index is -1.31. The number of ether oxygens (including phenoxy) is 3. The van der Waals surface area contributed by atoms with Crippen molar-refractivity contribution in [3.63, 3.8) is 0 Å². The molecular formula is C28H28N4O5. The van der Waals surface area contributed by atoms with Crippen LogP contribution in [-0.2, 0) is 9.59 Å². The summed E-state index contributed by atoms with van der Waals surface area (Å²) in [5.41, 5.74) is 1.56. The molecule has 0 saturated carbocycles. The quantitative estimate of drug-likeness (QED) is 0.314. The van der Waals surface area contributed by atoms with Crippen LogP contribution in [0.5, 0.6) is 23.1 Å². The van der Waals surface area contributed by atoms with Crippen LogP contribution in [0.3, 0.4) is 0 Å². The molecule has 0 fully saturated rings. The average Bonchev–Trinajstić information content (AvgIpc) is 2.90. The van der Waals surface area contributed by atoms with Crippen molar-refractivity contribution in [2.75, 3.05) is 24.9 Å². The Morgan fingerprint density at radius 1 is 0.784 bits per heavy atom. The van der Waals surface area contributed by atoms with Gasteiger partial charge in [0.1, 0.15) is 17.5 Å². The molecule has 4 rings (SSSR count). The number of aromatic nitrogens is 2. The van der Waals surface area contributed by atoms with E-state index in [0.29, 0.717) is 45.4 Å². The van der Waals surface area contributed by atoms with E-state index in [1.165, 1.54) is 6.33 Å². The molecule has 0 radical (unpaired) electrons. The summed E-state index contributed by atoms with van der Waals surface area (Å²) >= 11 is 0. The highest BCUT2D eigenvalue weighted by molar-refractivity contribution is 6.14. The molecule has 0 aliphatic rings. The van der Waals surface area contributed by atoms with Crippen molar-refractivity contribution >= 4 is 34.1 Å². The Kier molecular flexibility index (Phi) is 7.24. The summed E-state index contributed by atoms with van der Waals surface area (Å²) in [5.74, 6) is 1.09. The van der Waals surface area contributed by atoms with E-state index in [1.807, 2.05) is 19.1 Å². The van der Waals surface area contributed by atoms with Crippen molar-refractivity contribution in [2.45, 2.75) is 20.8 Å². The molecule has 190 valence electrons. The standard InChI is InChI=1S/C28H28N4O5/c1-17-6-8-18(9-7-17)31-26(33)28(2,3)27(34)32-19-10-12-20(13-11-19)37-25-21-14-23(35-4)24(36-5)15-22(21)29-16-30-25/h6-16H,1-5H3,(H,31,33)(H,32,34). The van der Waals surface area contributed by atoms with E-state index >= 15 is 0 Å². The van der Waals surface area contributed by atoms with Gasteiger partial charge < -0.3 is 24.8 Å². The molecule has 9 heteroatoms. The van der Waals surface area contributed by atoms with E-state index in [-0.39, 0.29) is 0 Å². The second kappa shape index (κ2) is 10.5. The van der Waals surface area contributed by atoms with Crippen molar-refractivity contribution in [2.24, 2.45) is 5.41 Å². The number of anilines is 2. The van der Waals surface area contributed by atoms with Crippen LogP contribution >= 0.6 is 0 Å². The molecule has 3 aromatic carbocycles. The van der Waals surface area contributed by atoms with Gasteiger partial charge in [-0.2, -0.15) is 0 Å². The Labute approximate surface area is 214 Å². The van der Waals surface area contributed by atoms with E-state index < -0.39 is 17.2 Å². The molecule has 37 heavy (non-hydrogen) atoms. The fourth-order valence-electron chi connectivity index (χ4n) is 3.47. The molecule has 0 aliphatic heterocycles. The highest BCUT2D eigenvalue weighted by Gasteiger charge is 2.36. The van der Waals surface area contributed by atoms with Crippen molar-refractivity contribution in [1.82, 2.24) is 9.97 Å². The van der Waals surface area contributed by atoms with Crippen LogP contribution in [0.4, 0.5) is 11.4 Å². The van der Waals surface area contributed by atoms with E-state index in [1.54, 1.807) is 76.6 Å². The highest BCUT2D eigenvalue weighted by Crippen LogP contribution is 2.36. The molecule has 0 saturated heterocycles. The number of benzene rings is 3. The summed E-state index contributed by atoms with van der Waals surface area (Å²) in [6, 6.07) is 17.7. The number of hydrogen-bond donors (Lipinski definition) is 2. The maximum atomic E-state index is 12.9. The van der Waals surface area contributed by atoms with Gasteiger partial charge in [0.2, 0.25) is 17.7 Å². The Balaban J connectivity index is 1.45. The molecule has 2 N–H and O–H groups in total. The SMILES string of the molecule is COc1cc2ncnc(Oc3ccc(NC(=O)C(C)(C)C(=O)Nc4ccc(C)cc4)cc3)c2cc1OC. The van der Waals surface area contributed by atoms with Gasteiger partial charge in [0.25, 0.3) is 0 Å². The third-order valence-corrected chi connectivity index (χ3v) is 5.88. The lowest BCUT2D eigenvalue weighted by atomic mass is 9.90. The van der Waals surface area contributed by atoms with Crippen molar-refractivity contribution < 1.29 is 23.8 Å². The molecule has 0 unspecified atom stereocenters. The van der Waals surface area contributed by atoms with Crippen molar-refractivity contribution in [3.05, 3.63) is 72.6 Å². The molecule has 4 aromatic rings. The Hall–Kier alpha value is -4.66. The average molecular weight is 501 g/mol. The predicted octanol–water partition coefficient (Wildman–Crippen LogP) is 5.35. The number of methoxy groups -OCH3 is 2. The predicted molar refractivity (Wildman–Crippen MR) is 141 cm³/mol. The fourth-order valence-corrected chi connectivity index (χ4v) is 3.47. The minimum Gasteiger partial charge on any atom is -0.493 e. The molecule has 0 bridgehead atoms. The first kappa shape index (κ1) is 25.4. The number of fused-ring (bicyclic) bond motifs is 1. The van der Waals surface area contributed by atoms with Crippen LogP contribution in [0.2, 0.25) is 0 Å². The molecule has 0 aliphatic carbocycles. The zero-order valence-electron chi connectivity index (χ0n) is 21.3. The first-order valence-corrected chi connectivity index (χ1v) is 11.6. The van der Waals surface area contributed by atoms with Crippen molar-refractivity contribution in [1.29, 1.82) is 0 Å². The van der Waals surface area contributed by atoms with Gasteiger partial charge in [-0.1, -0.05) is 17.7 Å². The maximum absolute atomic E-state index is 12.9. The van der Waals surface area contributed by atoms with Gasteiger partial charge in [-0.15, -0.1) is 0 Å². The second-order valence-corrected chi connectivity index (χ2v) is 8.93. The molecule has 1 aromatic heterocycles. The number of hydrogen-bond acceptors (Lipinski definition) is 7. The second-order valence-electron chi connectivity index (χ2n) is 8.93. The third-order valence-electron chi connectivity index (χ3n) is 5.88. The zero-order valence-corrected chi connectivity index (χ0v) is 21.3. The molecule has 0 atom stereocenters. The fraction of sp³-hybridized carbons (Fsp3) is 0.214. The Morgan fingerprint density at radius 3 is 1.89 bits per heavy atom. The Morgan fingerprint density at radius 2 is 1.32 bits per heavy atom. The van der Waals surface area contributed by atoms with E-state index in [9.17, 15) is 9.59 Å². The number of rotatable bonds is 8. The summed E-state index contributed by atoms with van der Waals surface area (Å²) in [6.45, 7) is 5.11. The topological polar surface area (TPSA) is 112 Å². The van der Waals surface area contributed by atoms with Crippen LogP contribution in [0.15, 0.2) is 67.0 Å². The van der Waals surface area contributed by atoms with E-state index in [4.69, 9.17) is 14.2 Å². The molecule has 1 heterocycles. The summed E-state index contributed by atoms with van der Waals surface area (Å²) in [4.78, 5) is 34.2. The van der Waals surface area contributed by atoms with Gasteiger partial charge in [0.15, 0.2) is 11.5 Å². The molecular weight excluding hydrogens is 472 g/mol. The van der Waals surface area contributed by atoms with Gasteiger partial charge in [-0.25, -0.2) is 9.97 Å². The highest BCUT2D eigenvalue weighted by atomic mass is 16.5. The van der Waals surface area contributed by atoms with E-state index in [2.05, 4.69) is 20.6 Å². The summed E-state index contributed by atoms with van der Waals surface area (Å²) < 4.78 is 16.7. The van der Waals surface area contributed by atoms with Crippen molar-refractivity contribution in [3.8, 4) is 23.1 Å². The lowest BCUT2D eigenvalue weighted by Gasteiger charge is -2.23. The van der Waals surface area contributed by atoms with Gasteiger partial charge >= 0.3 is 0 Å². The normalized spacial score (nSPS) is 11.1. The van der Waals surface area contributed by atoms with Crippen LogP contribution in [-0.4, -0.2) is 36.0 Å². The number of nitrogens with one attached hydrogen (secondary N) is 2. The number of aryl methyl sites for hydroxylation is 1. The maximum Gasteiger partial charge on any atom is 0.239 e. The number of carbonyl (C=O) groups excluding carboxylic acids is 2. The third kappa shape index (κ3) is 5.61. The van der Waals surface area contributed by atoms with E-state index in [0.717, 1.165) is 5.56 Å². The van der Waals surface area contributed by atoms with Crippen LogP contribution < -0.4 is 24.8 Å². The lowest BCUT2D eigenvalue weighted by molar-refractivity contribution is -0.135. The number of carbonyl (C=O) groups is 2. The molecule has 2 amide bonds. The first-order chi connectivity index (χ1) is 17.7. The van der Waals surface area contributed by atoms with Crippen LogP contribution in [0.25, 0.3) is 10.9 Å². The first-order valence-electron chi connectivity index (χ1n) is 11.6. The zero-order chi connectivity index (χ0) is 26.6. The minimum absolute atomic E-state index is 0.344. The van der Waals surface area contributed by atoms with Crippen LogP contribution in [0.1, 0.15) is 19.4 Å². The lowest BCUT2D eigenvalue weighted by Crippen LogP contribution is -2.41. The molecule has 9 nitrogen and oxygen atoms in total. The van der Waals surface area contributed by atoms with Gasteiger partial charge in [-0.3, -0.25) is 9.59 Å². The smallest absolute Gasteiger partial charge is 0.239 e. The monoisotopic (exact) mass is 500 g/mol. The molecule has 0 spiro atoms. The van der Waals surface area contributed by atoms with Gasteiger partial charge in [-0.05, 0) is 63.2 Å². The summed E-state index contributed by atoms with van der Waals surface area (Å²) in [6.07, 6.45) is 1.40. The summed E-state index contributed by atoms with van der Waals surface area (Å²) in [7, 11) is 3.11. The largest absolute Gasteiger partial charge is 0.493 e. The van der Waals surface area contributed by atoms with Gasteiger partial charge in [0.05, 0.1) is 25.1 Å².